The quantitative estimate of drug-likeness (QED) is 0.244. The lowest BCUT2D eigenvalue weighted by atomic mass is 9.98. The van der Waals surface area contributed by atoms with Gasteiger partial charge in [-0.2, -0.15) is 0 Å². The van der Waals surface area contributed by atoms with Crippen LogP contribution in [0.4, 0.5) is 4.39 Å². The number of aryl methyl sites for hydroxylation is 3. The molecular weight excluding hydrogens is 433 g/mol. The molecule has 0 saturated heterocycles. The zero-order valence-electron chi connectivity index (χ0n) is 20.0. The number of nitrogens with zero attached hydrogens (tertiary/aromatic N) is 1. The van der Waals surface area contributed by atoms with E-state index in [1.807, 2.05) is 67.7 Å². The van der Waals surface area contributed by atoms with E-state index < -0.39 is 0 Å². The van der Waals surface area contributed by atoms with Crippen LogP contribution in [0.2, 0.25) is 0 Å². The summed E-state index contributed by atoms with van der Waals surface area (Å²) in [6, 6.07) is 30.3. The Morgan fingerprint density at radius 2 is 1.31 bits per heavy atom. The van der Waals surface area contributed by atoms with Gasteiger partial charge in [-0.05, 0) is 48.2 Å². The SMILES string of the molecule is Cc1ccc(-c2c(C)ccc3c2oc2c(F)c(-c4ccc(-c5ccccc5)cc4)ccc23)[n+](C)c1. The van der Waals surface area contributed by atoms with Gasteiger partial charge in [-0.15, -0.1) is 0 Å². The first kappa shape index (κ1) is 21.3. The van der Waals surface area contributed by atoms with Crippen molar-refractivity contribution >= 4 is 21.9 Å². The predicted octanol–water partition coefficient (Wildman–Crippen LogP) is 8.17. The number of benzene rings is 4. The largest absolute Gasteiger partial charge is 0.452 e. The van der Waals surface area contributed by atoms with Crippen LogP contribution in [0.15, 0.2) is 102 Å². The third-order valence-corrected chi connectivity index (χ3v) is 6.80. The van der Waals surface area contributed by atoms with Crippen molar-refractivity contribution in [2.45, 2.75) is 13.8 Å². The predicted molar refractivity (Wildman–Crippen MR) is 141 cm³/mol. The smallest absolute Gasteiger partial charge is 0.216 e. The Morgan fingerprint density at radius 3 is 2.06 bits per heavy atom. The Hall–Kier alpha value is -4.24. The van der Waals surface area contributed by atoms with Gasteiger partial charge in [-0.1, -0.05) is 72.8 Å². The van der Waals surface area contributed by atoms with Crippen LogP contribution in [0, 0.1) is 19.7 Å². The van der Waals surface area contributed by atoms with Crippen LogP contribution in [0.5, 0.6) is 0 Å². The van der Waals surface area contributed by atoms with Gasteiger partial charge in [0.25, 0.3) is 0 Å². The summed E-state index contributed by atoms with van der Waals surface area (Å²) in [7, 11) is 2.03. The topological polar surface area (TPSA) is 17.0 Å². The van der Waals surface area contributed by atoms with E-state index >= 15 is 4.39 Å². The van der Waals surface area contributed by atoms with Crippen molar-refractivity contribution in [2.75, 3.05) is 0 Å². The summed E-state index contributed by atoms with van der Waals surface area (Å²) in [5.74, 6) is -0.331. The van der Waals surface area contributed by atoms with Gasteiger partial charge < -0.3 is 4.42 Å². The van der Waals surface area contributed by atoms with Gasteiger partial charge in [0, 0.05) is 28.0 Å². The molecule has 0 amide bonds. The van der Waals surface area contributed by atoms with Crippen molar-refractivity contribution < 1.29 is 13.4 Å². The zero-order chi connectivity index (χ0) is 24.1. The number of pyridine rings is 1. The first-order valence-corrected chi connectivity index (χ1v) is 11.8. The number of hydrogen-bond acceptors (Lipinski definition) is 1. The Morgan fingerprint density at radius 1 is 0.657 bits per heavy atom. The molecule has 0 fully saturated rings. The van der Waals surface area contributed by atoms with E-state index in [-0.39, 0.29) is 5.82 Å². The maximum absolute atomic E-state index is 15.9. The van der Waals surface area contributed by atoms with Gasteiger partial charge >= 0.3 is 0 Å². The third-order valence-electron chi connectivity index (χ3n) is 6.80. The molecule has 35 heavy (non-hydrogen) atoms. The molecule has 0 N–H and O–H groups in total. The molecule has 6 rings (SSSR count). The van der Waals surface area contributed by atoms with Crippen molar-refractivity contribution in [3.8, 4) is 33.5 Å². The monoisotopic (exact) mass is 458 g/mol. The van der Waals surface area contributed by atoms with Gasteiger partial charge in [0.15, 0.2) is 17.6 Å². The van der Waals surface area contributed by atoms with Crippen molar-refractivity contribution in [1.29, 1.82) is 0 Å². The lowest BCUT2D eigenvalue weighted by Gasteiger charge is -2.06. The summed E-state index contributed by atoms with van der Waals surface area (Å²) in [6.45, 7) is 4.14. The molecule has 3 heteroatoms. The molecule has 2 heterocycles. The van der Waals surface area contributed by atoms with E-state index in [0.717, 1.165) is 49.9 Å². The van der Waals surface area contributed by atoms with Crippen LogP contribution < -0.4 is 4.57 Å². The minimum atomic E-state index is -0.331. The average molecular weight is 459 g/mol. The normalized spacial score (nSPS) is 11.4. The van der Waals surface area contributed by atoms with E-state index in [1.54, 1.807) is 0 Å². The highest BCUT2D eigenvalue weighted by atomic mass is 19.1. The van der Waals surface area contributed by atoms with Gasteiger partial charge in [-0.25, -0.2) is 8.96 Å². The van der Waals surface area contributed by atoms with Gasteiger partial charge in [0.05, 0.1) is 5.56 Å². The van der Waals surface area contributed by atoms with Crippen LogP contribution in [-0.2, 0) is 7.05 Å². The van der Waals surface area contributed by atoms with Crippen molar-refractivity contribution in [1.82, 2.24) is 0 Å². The Bertz CT molecular complexity index is 1710. The van der Waals surface area contributed by atoms with E-state index in [1.165, 1.54) is 5.56 Å². The van der Waals surface area contributed by atoms with E-state index in [9.17, 15) is 0 Å². The fraction of sp³-hybridized carbons (Fsp3) is 0.0938. The molecule has 2 nitrogen and oxygen atoms in total. The van der Waals surface area contributed by atoms with Gasteiger partial charge in [0.2, 0.25) is 5.69 Å². The summed E-state index contributed by atoms with van der Waals surface area (Å²) in [6.07, 6.45) is 2.09. The van der Waals surface area contributed by atoms with Crippen LogP contribution in [0.1, 0.15) is 11.1 Å². The molecule has 6 aromatic rings. The lowest BCUT2D eigenvalue weighted by molar-refractivity contribution is -0.660. The molecule has 0 spiro atoms. The Labute approximate surface area is 203 Å². The molecule has 0 saturated carbocycles. The van der Waals surface area contributed by atoms with E-state index in [4.69, 9.17) is 4.42 Å². The Balaban J connectivity index is 1.51. The molecule has 4 aromatic carbocycles. The summed E-state index contributed by atoms with van der Waals surface area (Å²) in [5.41, 5.74) is 8.92. The van der Waals surface area contributed by atoms with Crippen LogP contribution in [0.25, 0.3) is 55.4 Å². The number of fused-ring (bicyclic) bond motifs is 3. The lowest BCUT2D eigenvalue weighted by Crippen LogP contribution is -2.31. The fourth-order valence-corrected chi connectivity index (χ4v) is 4.99. The molecule has 0 aliphatic rings. The second kappa shape index (κ2) is 8.21. The molecule has 0 aliphatic heterocycles. The second-order valence-corrected chi connectivity index (χ2v) is 9.19. The van der Waals surface area contributed by atoms with Crippen molar-refractivity contribution in [2.24, 2.45) is 7.05 Å². The minimum Gasteiger partial charge on any atom is -0.452 e. The highest BCUT2D eigenvalue weighted by Gasteiger charge is 2.23. The number of aromatic nitrogens is 1. The second-order valence-electron chi connectivity index (χ2n) is 9.19. The van der Waals surface area contributed by atoms with Gasteiger partial charge in [-0.3, -0.25) is 0 Å². The van der Waals surface area contributed by atoms with Crippen molar-refractivity contribution in [3.05, 3.63) is 114 Å². The molecule has 0 radical (unpaired) electrons. The number of hydrogen-bond donors (Lipinski definition) is 0. The summed E-state index contributed by atoms with van der Waals surface area (Å²) in [5, 5.41) is 1.71. The molecule has 0 aliphatic carbocycles. The molecule has 0 unspecified atom stereocenters. The minimum absolute atomic E-state index is 0.297. The zero-order valence-corrected chi connectivity index (χ0v) is 20.0. The first-order chi connectivity index (χ1) is 17.0. The molecule has 2 aromatic heterocycles. The molecular formula is C32H25FNO+. The third kappa shape index (κ3) is 3.52. The van der Waals surface area contributed by atoms with E-state index in [2.05, 4.69) is 54.9 Å². The van der Waals surface area contributed by atoms with Crippen LogP contribution in [0.3, 0.4) is 0 Å². The summed E-state index contributed by atoms with van der Waals surface area (Å²) < 4.78 is 24.3. The summed E-state index contributed by atoms with van der Waals surface area (Å²) in [4.78, 5) is 0. The fourth-order valence-electron chi connectivity index (χ4n) is 4.99. The highest BCUT2D eigenvalue weighted by Crippen LogP contribution is 2.40. The van der Waals surface area contributed by atoms with E-state index in [0.29, 0.717) is 11.1 Å². The van der Waals surface area contributed by atoms with Crippen LogP contribution in [-0.4, -0.2) is 0 Å². The molecule has 0 atom stereocenters. The standard InChI is InChI=1S/C32H25FNO/c1-20-9-18-28(34(3)19-20)29-21(2)10-15-26-27-17-16-25(30(33)32(27)35-31(26)29)24-13-11-23(12-14-24)22-7-5-4-6-8-22/h4-19H,1-3H3/q+1. The maximum atomic E-state index is 15.9. The average Bonchev–Trinajstić information content (AvgIpc) is 3.25. The highest BCUT2D eigenvalue weighted by molar-refractivity contribution is 6.10. The number of rotatable bonds is 3. The van der Waals surface area contributed by atoms with Crippen molar-refractivity contribution in [3.63, 3.8) is 0 Å². The summed E-state index contributed by atoms with van der Waals surface area (Å²) >= 11 is 0. The Kier molecular flexibility index (Phi) is 5.00. The maximum Gasteiger partial charge on any atom is 0.216 e. The number of furan rings is 1. The molecule has 170 valence electrons. The first-order valence-electron chi connectivity index (χ1n) is 11.8. The number of halogens is 1. The molecule has 0 bridgehead atoms. The van der Waals surface area contributed by atoms with Gasteiger partial charge in [0.1, 0.15) is 12.6 Å². The van der Waals surface area contributed by atoms with Crippen LogP contribution >= 0.6 is 0 Å².